The molecule has 0 radical (unpaired) electrons. The van der Waals surface area contributed by atoms with Crippen molar-refractivity contribution < 1.29 is 4.74 Å². The number of ether oxygens (including phenoxy) is 1. The van der Waals surface area contributed by atoms with E-state index in [0.717, 1.165) is 30.0 Å². The molecule has 2 aromatic carbocycles. The van der Waals surface area contributed by atoms with E-state index in [2.05, 4.69) is 63.4 Å². The monoisotopic (exact) mass is 450 g/mol. The highest BCUT2D eigenvalue weighted by atomic mass is 35.5. The van der Waals surface area contributed by atoms with Crippen LogP contribution in [-0.4, -0.2) is 39.9 Å². The molecular formula is C21H28Cl2N6O. The van der Waals surface area contributed by atoms with Gasteiger partial charge in [0.1, 0.15) is 12.1 Å². The number of benzene rings is 2. The third kappa shape index (κ3) is 5.49. The highest BCUT2D eigenvalue weighted by molar-refractivity contribution is 5.85. The van der Waals surface area contributed by atoms with Crippen LogP contribution in [0, 0.1) is 6.92 Å². The van der Waals surface area contributed by atoms with Crippen molar-refractivity contribution in [2.45, 2.75) is 38.4 Å². The van der Waals surface area contributed by atoms with Crippen LogP contribution in [0.4, 0.5) is 0 Å². The molecule has 2 atom stereocenters. The fraction of sp³-hybridized carbons (Fsp3) is 0.381. The van der Waals surface area contributed by atoms with Crippen LogP contribution in [0.5, 0.6) is 5.75 Å². The third-order valence-corrected chi connectivity index (χ3v) is 5.33. The molecule has 1 aliphatic rings. The Hall–Kier alpha value is -2.19. The molecule has 3 aromatic rings. The summed E-state index contributed by atoms with van der Waals surface area (Å²) in [4.78, 5) is 0. The molecule has 1 fully saturated rings. The Kier molecular flexibility index (Phi) is 9.05. The fourth-order valence-electron chi connectivity index (χ4n) is 3.80. The Balaban J connectivity index is 0.00000160. The first-order valence-corrected chi connectivity index (χ1v) is 9.68. The molecule has 0 aliphatic carbocycles. The topological polar surface area (TPSA) is 76.9 Å². The zero-order valence-electron chi connectivity index (χ0n) is 17.1. The predicted octanol–water partition coefficient (Wildman–Crippen LogP) is 3.41. The highest BCUT2D eigenvalue weighted by Gasteiger charge is 2.26. The van der Waals surface area contributed by atoms with Gasteiger partial charge in [-0.15, -0.1) is 29.9 Å². The number of nitrogens with one attached hydrogen (secondary N) is 2. The Morgan fingerprint density at radius 1 is 1.17 bits per heavy atom. The molecule has 2 N–H and O–H groups in total. The van der Waals surface area contributed by atoms with E-state index in [1.807, 2.05) is 12.1 Å². The zero-order chi connectivity index (χ0) is 19.3. The molecule has 7 nitrogen and oxygen atoms in total. The van der Waals surface area contributed by atoms with Crippen LogP contribution in [-0.2, 0) is 6.54 Å². The number of rotatable bonds is 6. The number of hydrogen-bond donors (Lipinski definition) is 2. The van der Waals surface area contributed by atoms with Crippen molar-refractivity contribution in [3.05, 3.63) is 65.5 Å². The summed E-state index contributed by atoms with van der Waals surface area (Å²) >= 11 is 0. The van der Waals surface area contributed by atoms with Gasteiger partial charge in [-0.3, -0.25) is 0 Å². The van der Waals surface area contributed by atoms with E-state index < -0.39 is 0 Å². The van der Waals surface area contributed by atoms with E-state index >= 15 is 0 Å². The zero-order valence-corrected chi connectivity index (χ0v) is 18.7. The summed E-state index contributed by atoms with van der Waals surface area (Å²) in [5, 5.41) is 18.8. The van der Waals surface area contributed by atoms with Gasteiger partial charge >= 0.3 is 0 Å². The van der Waals surface area contributed by atoms with E-state index in [-0.39, 0.29) is 24.8 Å². The Morgan fingerprint density at radius 2 is 1.97 bits per heavy atom. The van der Waals surface area contributed by atoms with Gasteiger partial charge in [0.05, 0.1) is 12.8 Å². The van der Waals surface area contributed by atoms with E-state index in [1.165, 1.54) is 17.5 Å². The predicted molar refractivity (Wildman–Crippen MR) is 122 cm³/mol. The summed E-state index contributed by atoms with van der Waals surface area (Å²) in [6.07, 6.45) is 3.90. The first-order chi connectivity index (χ1) is 13.7. The minimum atomic E-state index is 0. The van der Waals surface area contributed by atoms with Crippen LogP contribution in [0.2, 0.25) is 0 Å². The first kappa shape index (κ1) is 24.1. The standard InChI is InChI=1S/C21H26N6O.2ClH/c1-15-5-7-16(8-6-15)21-19(4-3-11-22-21)23-13-17-12-18(9-10-20(17)28-2)27-14-24-25-26-27;;/h5-10,12,14,19,21-23H,3-4,11,13H2,1-2H3;2*1H. The average Bonchev–Trinajstić information content (AvgIpc) is 3.28. The molecule has 1 saturated heterocycles. The molecule has 2 unspecified atom stereocenters. The van der Waals surface area contributed by atoms with Crippen molar-refractivity contribution in [1.29, 1.82) is 0 Å². The fourth-order valence-corrected chi connectivity index (χ4v) is 3.80. The normalized spacial score (nSPS) is 18.2. The molecule has 1 aliphatic heterocycles. The van der Waals surface area contributed by atoms with Gasteiger partial charge in [-0.2, -0.15) is 0 Å². The number of tetrazole rings is 1. The van der Waals surface area contributed by atoms with Crippen LogP contribution in [0.25, 0.3) is 5.69 Å². The number of piperidine rings is 1. The maximum atomic E-state index is 5.57. The molecular weight excluding hydrogens is 423 g/mol. The second-order valence-corrected chi connectivity index (χ2v) is 7.22. The SMILES string of the molecule is COc1ccc(-n2cnnn2)cc1CNC1CCCNC1c1ccc(C)cc1.Cl.Cl. The van der Waals surface area contributed by atoms with Crippen LogP contribution in [0.1, 0.15) is 35.6 Å². The minimum Gasteiger partial charge on any atom is -0.496 e. The number of halogens is 2. The lowest BCUT2D eigenvalue weighted by molar-refractivity contribution is 0.303. The van der Waals surface area contributed by atoms with Gasteiger partial charge in [0.25, 0.3) is 0 Å². The smallest absolute Gasteiger partial charge is 0.143 e. The van der Waals surface area contributed by atoms with Crippen molar-refractivity contribution in [2.75, 3.05) is 13.7 Å². The van der Waals surface area contributed by atoms with Crippen LogP contribution >= 0.6 is 24.8 Å². The second-order valence-electron chi connectivity index (χ2n) is 7.22. The van der Waals surface area contributed by atoms with E-state index in [4.69, 9.17) is 4.74 Å². The first-order valence-electron chi connectivity index (χ1n) is 9.68. The van der Waals surface area contributed by atoms with Crippen LogP contribution in [0.15, 0.2) is 48.8 Å². The lowest BCUT2D eigenvalue weighted by Crippen LogP contribution is -2.45. The maximum Gasteiger partial charge on any atom is 0.143 e. The van der Waals surface area contributed by atoms with Gasteiger partial charge in [0.15, 0.2) is 0 Å². The number of aromatic nitrogens is 4. The number of methoxy groups -OCH3 is 1. The molecule has 4 rings (SSSR count). The molecule has 162 valence electrons. The van der Waals surface area contributed by atoms with Crippen molar-refractivity contribution in [1.82, 2.24) is 30.8 Å². The summed E-state index contributed by atoms with van der Waals surface area (Å²) < 4.78 is 7.22. The molecule has 0 saturated carbocycles. The lowest BCUT2D eigenvalue weighted by atomic mass is 9.91. The van der Waals surface area contributed by atoms with Crippen molar-refractivity contribution in [2.24, 2.45) is 0 Å². The Bertz CT molecular complexity index is 904. The summed E-state index contributed by atoms with van der Waals surface area (Å²) in [7, 11) is 1.70. The minimum absolute atomic E-state index is 0. The third-order valence-electron chi connectivity index (χ3n) is 5.33. The van der Waals surface area contributed by atoms with Gasteiger partial charge in [-0.1, -0.05) is 29.8 Å². The summed E-state index contributed by atoms with van der Waals surface area (Å²) in [5.74, 6) is 0.861. The van der Waals surface area contributed by atoms with Crippen LogP contribution in [0.3, 0.4) is 0 Å². The summed E-state index contributed by atoms with van der Waals surface area (Å²) in [5.41, 5.74) is 4.62. The Morgan fingerprint density at radius 3 is 2.67 bits per heavy atom. The molecule has 9 heteroatoms. The number of nitrogens with zero attached hydrogens (tertiary/aromatic N) is 4. The lowest BCUT2D eigenvalue weighted by Gasteiger charge is -2.34. The van der Waals surface area contributed by atoms with Crippen molar-refractivity contribution in [3.63, 3.8) is 0 Å². The Labute approximate surface area is 189 Å². The van der Waals surface area contributed by atoms with Crippen LogP contribution < -0.4 is 15.4 Å². The number of hydrogen-bond acceptors (Lipinski definition) is 6. The molecule has 0 spiro atoms. The second kappa shape index (κ2) is 11.3. The summed E-state index contributed by atoms with van der Waals surface area (Å²) in [6.45, 7) is 3.89. The molecule has 30 heavy (non-hydrogen) atoms. The van der Waals surface area contributed by atoms with Gasteiger partial charge in [0, 0.05) is 24.2 Å². The van der Waals surface area contributed by atoms with E-state index in [9.17, 15) is 0 Å². The molecule has 0 amide bonds. The average molecular weight is 451 g/mol. The molecule has 0 bridgehead atoms. The van der Waals surface area contributed by atoms with Crippen molar-refractivity contribution in [3.8, 4) is 11.4 Å². The quantitative estimate of drug-likeness (QED) is 0.598. The van der Waals surface area contributed by atoms with E-state index in [0.29, 0.717) is 18.6 Å². The van der Waals surface area contributed by atoms with Gasteiger partial charge in [-0.25, -0.2) is 4.68 Å². The van der Waals surface area contributed by atoms with E-state index in [1.54, 1.807) is 18.1 Å². The molecule has 1 aromatic heterocycles. The van der Waals surface area contributed by atoms with Gasteiger partial charge in [0.2, 0.25) is 0 Å². The maximum absolute atomic E-state index is 5.57. The molecule has 2 heterocycles. The summed E-state index contributed by atoms with van der Waals surface area (Å²) in [6, 6.07) is 15.5. The van der Waals surface area contributed by atoms with Crippen molar-refractivity contribution >= 4 is 24.8 Å². The highest BCUT2D eigenvalue weighted by Crippen LogP contribution is 2.26. The number of aryl methyl sites for hydroxylation is 1. The van der Waals surface area contributed by atoms with Gasteiger partial charge < -0.3 is 15.4 Å². The van der Waals surface area contributed by atoms with Gasteiger partial charge in [-0.05, 0) is 60.5 Å². The largest absolute Gasteiger partial charge is 0.496 e.